The number of hydrogen-bond acceptors (Lipinski definition) is 2. The van der Waals surface area contributed by atoms with Gasteiger partial charge in [0.15, 0.2) is 0 Å². The standard InChI is InChI=1S/C16H13O2.Al.2H/c1-12(2)14-5-9-16(10-6-14)18-15-7-3-13(11-17)4-8-15;;;/h3-10H,1H2,2H3;;;. The fourth-order valence-electron chi connectivity index (χ4n) is 1.70. The summed E-state index contributed by atoms with van der Waals surface area (Å²) in [5.41, 5.74) is 2.88. The van der Waals surface area contributed by atoms with Crippen LogP contribution in [0.1, 0.15) is 22.8 Å². The fourth-order valence-corrected chi connectivity index (χ4v) is 2.03. The lowest BCUT2D eigenvalue weighted by Crippen LogP contribution is -1.96. The molecular weight excluding hydrogens is 251 g/mol. The zero-order valence-corrected chi connectivity index (χ0v) is 13.1. The van der Waals surface area contributed by atoms with Gasteiger partial charge in [-0.3, -0.25) is 0 Å². The van der Waals surface area contributed by atoms with Crippen molar-refractivity contribution in [3.8, 4) is 11.5 Å². The summed E-state index contributed by atoms with van der Waals surface area (Å²) in [5, 5.41) is 0. The van der Waals surface area contributed by atoms with Gasteiger partial charge in [-0.15, -0.1) is 0 Å². The Hall–Kier alpha value is -1.82. The molecule has 19 heavy (non-hydrogen) atoms. The first-order valence-electron chi connectivity index (χ1n) is 6.11. The van der Waals surface area contributed by atoms with E-state index in [4.69, 9.17) is 4.74 Å². The van der Waals surface area contributed by atoms with Crippen molar-refractivity contribution in [3.05, 3.63) is 66.2 Å². The Labute approximate surface area is 121 Å². The minimum Gasteiger partial charge on any atom is -0.457 e. The van der Waals surface area contributed by atoms with E-state index >= 15 is 0 Å². The van der Waals surface area contributed by atoms with Crippen molar-refractivity contribution >= 4 is 26.5 Å². The van der Waals surface area contributed by atoms with Crippen LogP contribution in [-0.4, -0.2) is 20.9 Å². The van der Waals surface area contributed by atoms with Crippen molar-refractivity contribution in [1.29, 1.82) is 0 Å². The maximum Gasteiger partial charge on any atom is 0.327 e. The average Bonchev–Trinajstić information content (AvgIpc) is 2.40. The number of hydrogen-bond donors (Lipinski definition) is 0. The molecule has 0 amide bonds. The average molecular weight is 266 g/mol. The quantitative estimate of drug-likeness (QED) is 0.794. The van der Waals surface area contributed by atoms with E-state index in [9.17, 15) is 4.79 Å². The third kappa shape index (κ3) is 3.57. The van der Waals surface area contributed by atoms with E-state index in [2.05, 4.69) is 6.58 Å². The van der Waals surface area contributed by atoms with Crippen molar-refractivity contribution in [2.24, 2.45) is 0 Å². The van der Waals surface area contributed by atoms with Crippen LogP contribution in [-0.2, 0) is 0 Å². The van der Waals surface area contributed by atoms with Crippen molar-refractivity contribution in [3.63, 3.8) is 0 Å². The second kappa shape index (κ2) is 5.88. The van der Waals surface area contributed by atoms with Crippen molar-refractivity contribution < 1.29 is 9.53 Å². The molecule has 2 aromatic rings. The SMILES string of the molecule is C=C(C)c1ccc(Oc2ccc([C](=O)[AlH2])cc2)cc1. The summed E-state index contributed by atoms with van der Waals surface area (Å²) in [5.74, 6) is 1.50. The Kier molecular flexibility index (Phi) is 4.21. The third-order valence-electron chi connectivity index (χ3n) is 2.84. The van der Waals surface area contributed by atoms with E-state index in [0.717, 1.165) is 28.2 Å². The first-order valence-corrected chi connectivity index (χ1v) is 7.11. The van der Waals surface area contributed by atoms with E-state index < -0.39 is 0 Å². The minimum absolute atomic E-state index is 0.192. The van der Waals surface area contributed by atoms with Gasteiger partial charge < -0.3 is 9.53 Å². The largest absolute Gasteiger partial charge is 0.457 e. The number of benzene rings is 2. The lowest BCUT2D eigenvalue weighted by Gasteiger charge is -2.07. The first kappa shape index (κ1) is 13.6. The maximum atomic E-state index is 11.2. The van der Waals surface area contributed by atoms with Crippen LogP contribution in [0.2, 0.25) is 0 Å². The van der Waals surface area contributed by atoms with Crippen molar-refractivity contribution in [2.75, 3.05) is 0 Å². The molecule has 2 aromatic carbocycles. The second-order valence-corrected chi connectivity index (χ2v) is 5.40. The molecule has 0 spiro atoms. The summed E-state index contributed by atoms with van der Waals surface area (Å²) >= 11 is 0.541. The van der Waals surface area contributed by atoms with E-state index in [1.54, 1.807) is 12.1 Å². The van der Waals surface area contributed by atoms with Crippen LogP contribution >= 0.6 is 0 Å². The predicted octanol–water partition coefficient (Wildman–Crippen LogP) is 3.29. The maximum absolute atomic E-state index is 11.2. The zero-order chi connectivity index (χ0) is 13.8. The third-order valence-corrected chi connectivity index (χ3v) is 3.42. The highest BCUT2D eigenvalue weighted by Gasteiger charge is 2.01. The molecule has 0 heterocycles. The second-order valence-electron chi connectivity index (χ2n) is 4.49. The van der Waals surface area contributed by atoms with Crippen molar-refractivity contribution in [1.82, 2.24) is 0 Å². The molecule has 2 rings (SSSR count). The van der Waals surface area contributed by atoms with E-state index in [1.807, 2.05) is 43.3 Å². The molecule has 0 N–H and O–H groups in total. The molecular formula is C16H15AlO2. The molecule has 0 aromatic heterocycles. The van der Waals surface area contributed by atoms with Crippen LogP contribution in [0.25, 0.3) is 5.57 Å². The van der Waals surface area contributed by atoms with E-state index in [0.29, 0.717) is 16.3 Å². The molecule has 94 valence electrons. The summed E-state index contributed by atoms with van der Waals surface area (Å²) in [6.45, 7) is 5.87. The fraction of sp³-hybridized carbons (Fsp3) is 0.0625. The summed E-state index contributed by atoms with van der Waals surface area (Å²) in [4.78, 5) is 11.2. The Balaban J connectivity index is 2.12. The van der Waals surface area contributed by atoms with Gasteiger partial charge in [-0.2, -0.15) is 0 Å². The van der Waals surface area contributed by atoms with Crippen LogP contribution in [0.5, 0.6) is 11.5 Å². The molecule has 0 aliphatic heterocycles. The topological polar surface area (TPSA) is 26.3 Å². The molecule has 0 bridgehead atoms. The first-order chi connectivity index (χ1) is 9.06. The number of ether oxygens (including phenoxy) is 1. The van der Waals surface area contributed by atoms with Crippen LogP contribution in [0.4, 0.5) is 0 Å². The van der Waals surface area contributed by atoms with E-state index in [-0.39, 0.29) is 4.65 Å². The summed E-state index contributed by atoms with van der Waals surface area (Å²) in [6, 6.07) is 15.0. The van der Waals surface area contributed by atoms with Gasteiger partial charge in [0.2, 0.25) is 0 Å². The van der Waals surface area contributed by atoms with Crippen LogP contribution in [0, 0.1) is 0 Å². The van der Waals surface area contributed by atoms with Gasteiger partial charge in [0.1, 0.15) is 11.5 Å². The molecule has 0 unspecified atom stereocenters. The minimum atomic E-state index is 0.192. The highest BCUT2D eigenvalue weighted by molar-refractivity contribution is 6.62. The number of carbonyl (C=O) groups excluding carboxylic acids is 1. The molecule has 0 fully saturated rings. The molecule has 0 aliphatic rings. The number of rotatable bonds is 4. The number of allylic oxidation sites excluding steroid dienone is 1. The highest BCUT2D eigenvalue weighted by Crippen LogP contribution is 2.23. The van der Waals surface area contributed by atoms with Gasteiger partial charge in [-0.25, -0.2) is 0 Å². The lowest BCUT2D eigenvalue weighted by atomic mass is 10.1. The lowest BCUT2D eigenvalue weighted by molar-refractivity contribution is 0.108. The van der Waals surface area contributed by atoms with Crippen LogP contribution < -0.4 is 4.74 Å². The normalized spacial score (nSPS) is 9.95. The van der Waals surface area contributed by atoms with E-state index in [1.165, 1.54) is 0 Å². The Morgan fingerprint density at radius 2 is 1.37 bits per heavy atom. The summed E-state index contributed by atoms with van der Waals surface area (Å²) in [6.07, 6.45) is 0. The van der Waals surface area contributed by atoms with Crippen LogP contribution in [0.3, 0.4) is 0 Å². The smallest absolute Gasteiger partial charge is 0.327 e. The molecule has 0 saturated carbocycles. The van der Waals surface area contributed by atoms with Crippen LogP contribution in [0.15, 0.2) is 55.1 Å². The molecule has 3 heteroatoms. The van der Waals surface area contributed by atoms with Gasteiger partial charge >= 0.3 is 16.3 Å². The summed E-state index contributed by atoms with van der Waals surface area (Å²) < 4.78 is 5.91. The number of carbonyl (C=O) groups is 1. The highest BCUT2D eigenvalue weighted by atomic mass is 27.0. The predicted molar refractivity (Wildman–Crippen MR) is 80.5 cm³/mol. The monoisotopic (exact) mass is 266 g/mol. The van der Waals surface area contributed by atoms with Gasteiger partial charge in [0.05, 0.1) is 4.65 Å². The molecule has 0 saturated heterocycles. The molecule has 0 radical (unpaired) electrons. The van der Waals surface area contributed by atoms with Gasteiger partial charge in [0, 0.05) is 0 Å². The van der Waals surface area contributed by atoms with Gasteiger partial charge in [-0.05, 0) is 54.4 Å². The molecule has 0 atom stereocenters. The Bertz CT molecular complexity index is 542. The van der Waals surface area contributed by atoms with Crippen molar-refractivity contribution in [2.45, 2.75) is 6.92 Å². The van der Waals surface area contributed by atoms with Gasteiger partial charge in [0.25, 0.3) is 0 Å². The Morgan fingerprint density at radius 1 is 0.947 bits per heavy atom. The van der Waals surface area contributed by atoms with Gasteiger partial charge in [-0.1, -0.05) is 24.3 Å². The summed E-state index contributed by atoms with van der Waals surface area (Å²) in [7, 11) is 0. The zero-order valence-electron chi connectivity index (χ0n) is 11.1. The molecule has 0 aliphatic carbocycles. The Morgan fingerprint density at radius 3 is 1.74 bits per heavy atom. The molecule has 2 nitrogen and oxygen atoms in total.